The maximum absolute atomic E-state index is 13.7. The first kappa shape index (κ1) is 24.3. The summed E-state index contributed by atoms with van der Waals surface area (Å²) in [5.74, 6) is -1.61. The molecule has 14 heteroatoms. The van der Waals surface area contributed by atoms with Crippen LogP contribution in [0.2, 0.25) is 0 Å². The van der Waals surface area contributed by atoms with Crippen molar-refractivity contribution in [3.63, 3.8) is 0 Å². The molecule has 0 aliphatic carbocycles. The number of carbonyl (C=O) groups excluding carboxylic acids is 2. The zero-order chi connectivity index (χ0) is 25.5. The average molecular weight is 507 g/mol. The highest BCUT2D eigenvalue weighted by molar-refractivity contribution is 7.21. The lowest BCUT2D eigenvalue weighted by Gasteiger charge is -2.11. The summed E-state index contributed by atoms with van der Waals surface area (Å²) in [7, 11) is 1.46. The molecule has 0 aliphatic heterocycles. The molecule has 0 aromatic carbocycles. The Morgan fingerprint density at radius 1 is 1.23 bits per heavy atom. The van der Waals surface area contributed by atoms with Crippen LogP contribution in [-0.2, 0) is 24.2 Å². The molecule has 4 heterocycles. The number of aromatic nitrogens is 5. The van der Waals surface area contributed by atoms with Gasteiger partial charge < -0.3 is 15.8 Å². The van der Waals surface area contributed by atoms with E-state index in [1.165, 1.54) is 24.1 Å². The smallest absolute Gasteiger partial charge is 0.365 e. The molecule has 0 atom stereocenters. The van der Waals surface area contributed by atoms with Gasteiger partial charge in [0.1, 0.15) is 22.1 Å². The monoisotopic (exact) mass is 507 g/mol. The third kappa shape index (κ3) is 4.61. The van der Waals surface area contributed by atoms with E-state index >= 15 is 0 Å². The molecule has 0 unspecified atom stereocenters. The molecule has 184 valence electrons. The molecule has 0 radical (unpaired) electrons. The molecule has 3 N–H and O–H groups in total. The highest BCUT2D eigenvalue weighted by Crippen LogP contribution is 2.44. The van der Waals surface area contributed by atoms with Crippen molar-refractivity contribution in [2.24, 2.45) is 5.73 Å². The van der Waals surface area contributed by atoms with Gasteiger partial charge in [-0.05, 0) is 31.5 Å². The number of primary amides is 1. The van der Waals surface area contributed by atoms with Crippen LogP contribution in [0.15, 0.2) is 24.5 Å². The van der Waals surface area contributed by atoms with Crippen molar-refractivity contribution in [3.8, 4) is 11.1 Å². The summed E-state index contributed by atoms with van der Waals surface area (Å²) in [5, 5.41) is 11.2. The molecule has 4 rings (SSSR count). The van der Waals surface area contributed by atoms with Crippen LogP contribution >= 0.6 is 11.3 Å². The topological polar surface area (TPSA) is 130 Å². The molecule has 0 spiro atoms. The van der Waals surface area contributed by atoms with Crippen LogP contribution in [0.5, 0.6) is 0 Å². The van der Waals surface area contributed by atoms with E-state index in [9.17, 15) is 22.8 Å². The number of aryl methyl sites for hydroxylation is 2. The molecule has 0 bridgehead atoms. The molecule has 0 saturated heterocycles. The van der Waals surface area contributed by atoms with Gasteiger partial charge in [0.2, 0.25) is 0 Å². The third-order valence-electron chi connectivity index (χ3n) is 5.11. The van der Waals surface area contributed by atoms with Crippen molar-refractivity contribution in [2.45, 2.75) is 33.3 Å². The largest absolute Gasteiger partial charge is 0.433 e. The lowest BCUT2D eigenvalue weighted by Crippen LogP contribution is -2.17. The van der Waals surface area contributed by atoms with E-state index in [-0.39, 0.29) is 38.8 Å². The number of halogens is 3. The van der Waals surface area contributed by atoms with Crippen molar-refractivity contribution in [3.05, 3.63) is 46.5 Å². The van der Waals surface area contributed by atoms with Gasteiger partial charge in [0.25, 0.3) is 11.8 Å². The maximum atomic E-state index is 13.7. The number of fused-ring (bicyclic) bond motifs is 1. The fourth-order valence-electron chi connectivity index (χ4n) is 3.56. The summed E-state index contributed by atoms with van der Waals surface area (Å²) in [4.78, 5) is 28.7. The third-order valence-corrected chi connectivity index (χ3v) is 6.21. The van der Waals surface area contributed by atoms with E-state index in [1.54, 1.807) is 17.8 Å². The Balaban J connectivity index is 1.95. The quantitative estimate of drug-likeness (QED) is 0.393. The minimum atomic E-state index is -4.74. The van der Waals surface area contributed by atoms with Crippen molar-refractivity contribution < 1.29 is 27.5 Å². The summed E-state index contributed by atoms with van der Waals surface area (Å²) < 4.78 is 49.0. The van der Waals surface area contributed by atoms with Gasteiger partial charge in [-0.2, -0.15) is 23.4 Å². The van der Waals surface area contributed by atoms with Crippen molar-refractivity contribution in [1.82, 2.24) is 24.5 Å². The Kier molecular flexibility index (Phi) is 6.34. The van der Waals surface area contributed by atoms with E-state index in [4.69, 9.17) is 10.5 Å². The number of ether oxygens (including phenoxy) is 1. The molecule has 0 aliphatic rings. The predicted octanol–water partition coefficient (Wildman–Crippen LogP) is 3.66. The molecule has 2 amide bonds. The van der Waals surface area contributed by atoms with E-state index < -0.39 is 23.7 Å². The van der Waals surface area contributed by atoms with Crippen LogP contribution in [0.4, 0.5) is 18.9 Å². The number of nitrogens with zero attached hydrogens (tertiary/aromatic N) is 5. The Bertz CT molecular complexity index is 1440. The zero-order valence-corrected chi connectivity index (χ0v) is 19.6. The molecular formula is C21H20F3N7O3S. The fourth-order valence-corrected chi connectivity index (χ4v) is 4.56. The number of methoxy groups -OCH3 is 1. The number of rotatable bonds is 7. The molecule has 0 fully saturated rings. The number of hydrogen-bond donors (Lipinski definition) is 2. The highest BCUT2D eigenvalue weighted by Gasteiger charge is 2.35. The van der Waals surface area contributed by atoms with Gasteiger partial charge in [0, 0.05) is 37.0 Å². The minimum Gasteiger partial charge on any atom is -0.365 e. The second-order valence-electron chi connectivity index (χ2n) is 7.50. The second kappa shape index (κ2) is 9.11. The van der Waals surface area contributed by atoms with Crippen LogP contribution < -0.4 is 11.1 Å². The van der Waals surface area contributed by atoms with Crippen LogP contribution in [-0.4, -0.2) is 43.5 Å². The Morgan fingerprint density at radius 3 is 2.57 bits per heavy atom. The van der Waals surface area contributed by atoms with Crippen molar-refractivity contribution >= 4 is 39.1 Å². The number of amides is 2. The molecule has 0 saturated carbocycles. The molecule has 35 heavy (non-hydrogen) atoms. The number of carbonyl (C=O) groups is 2. The summed E-state index contributed by atoms with van der Waals surface area (Å²) >= 11 is 0.667. The Morgan fingerprint density at radius 2 is 1.97 bits per heavy atom. The lowest BCUT2D eigenvalue weighted by molar-refractivity contribution is -0.140. The van der Waals surface area contributed by atoms with Crippen LogP contribution in [0.1, 0.15) is 38.5 Å². The van der Waals surface area contributed by atoms with E-state index in [0.29, 0.717) is 29.1 Å². The van der Waals surface area contributed by atoms with Gasteiger partial charge >= 0.3 is 6.18 Å². The fraction of sp³-hybridized carbons (Fsp3) is 0.286. The first-order valence-corrected chi connectivity index (χ1v) is 11.1. The van der Waals surface area contributed by atoms with Gasteiger partial charge in [0.05, 0.1) is 11.4 Å². The molecular weight excluding hydrogens is 487 g/mol. The number of alkyl halides is 3. The summed E-state index contributed by atoms with van der Waals surface area (Å²) in [6, 6.07) is 2.32. The van der Waals surface area contributed by atoms with E-state index in [2.05, 4.69) is 20.5 Å². The number of nitrogens with two attached hydrogens (primary N) is 1. The van der Waals surface area contributed by atoms with Crippen molar-refractivity contribution in [2.75, 3.05) is 12.4 Å². The number of anilines is 1. The molecule has 4 aromatic rings. The van der Waals surface area contributed by atoms with Crippen LogP contribution in [0, 0.1) is 6.92 Å². The van der Waals surface area contributed by atoms with E-state index in [1.807, 2.05) is 6.92 Å². The van der Waals surface area contributed by atoms with Crippen LogP contribution in [0.3, 0.4) is 0 Å². The van der Waals surface area contributed by atoms with Gasteiger partial charge in [-0.25, -0.2) is 9.67 Å². The first-order chi connectivity index (χ1) is 16.5. The Hall–Kier alpha value is -3.78. The maximum Gasteiger partial charge on any atom is 0.433 e. The minimum absolute atomic E-state index is 0.00762. The zero-order valence-electron chi connectivity index (χ0n) is 18.8. The first-order valence-electron chi connectivity index (χ1n) is 10.3. The van der Waals surface area contributed by atoms with Gasteiger partial charge in [0.15, 0.2) is 5.69 Å². The normalized spacial score (nSPS) is 11.8. The number of thiophene rings is 1. The molecule has 4 aromatic heterocycles. The molecule has 10 nitrogen and oxygen atoms in total. The number of nitrogens with one attached hydrogen (secondary N) is 1. The number of pyridine rings is 1. The standard InChI is InChI=1S/C21H20F3N7O3S/c1-4-30-8-12(10(2)28-30)11-7-14(21(22,23)24)26-20-15(11)16(17(35-20)18(25)32)27-19(33)13-5-6-31(29-13)9-34-3/h5-8H,4,9H2,1-3H3,(H2,25,32)(H,27,33). The SMILES string of the molecule is CCn1cc(-c2cc(C(F)(F)F)nc3sc(C(N)=O)c(NC(=O)c4ccn(COC)n4)c23)c(C)n1. The van der Waals surface area contributed by atoms with Gasteiger partial charge in [-0.3, -0.25) is 14.3 Å². The summed E-state index contributed by atoms with van der Waals surface area (Å²) in [5.41, 5.74) is 5.33. The second-order valence-corrected chi connectivity index (χ2v) is 8.50. The highest BCUT2D eigenvalue weighted by atomic mass is 32.1. The van der Waals surface area contributed by atoms with E-state index in [0.717, 1.165) is 6.07 Å². The number of hydrogen-bond acceptors (Lipinski definition) is 7. The summed E-state index contributed by atoms with van der Waals surface area (Å²) in [6.45, 7) is 4.09. The predicted molar refractivity (Wildman–Crippen MR) is 122 cm³/mol. The lowest BCUT2D eigenvalue weighted by atomic mass is 10.0. The van der Waals surface area contributed by atoms with Gasteiger partial charge in [-0.15, -0.1) is 11.3 Å². The Labute approximate surface area is 200 Å². The van der Waals surface area contributed by atoms with Gasteiger partial charge in [-0.1, -0.05) is 0 Å². The summed E-state index contributed by atoms with van der Waals surface area (Å²) in [6.07, 6.45) is -1.62. The average Bonchev–Trinajstić information content (AvgIpc) is 3.50. The van der Waals surface area contributed by atoms with Crippen LogP contribution in [0.25, 0.3) is 21.3 Å². The van der Waals surface area contributed by atoms with Crippen molar-refractivity contribution in [1.29, 1.82) is 0 Å².